The van der Waals surface area contributed by atoms with Gasteiger partial charge in [-0.05, 0) is 62.1 Å². The van der Waals surface area contributed by atoms with Crippen LogP contribution in [0.25, 0.3) is 21.8 Å². The molecule has 2 saturated carbocycles. The first-order valence-corrected chi connectivity index (χ1v) is 18.1. The highest BCUT2D eigenvalue weighted by Gasteiger charge is 2.37. The Morgan fingerprint density at radius 3 is 1.41 bits per heavy atom. The van der Waals surface area contributed by atoms with Crippen molar-refractivity contribution in [2.75, 3.05) is 7.11 Å². The van der Waals surface area contributed by atoms with Gasteiger partial charge in [-0.3, -0.25) is 19.2 Å². The van der Waals surface area contributed by atoms with Crippen LogP contribution in [0.15, 0.2) is 82.9 Å². The summed E-state index contributed by atoms with van der Waals surface area (Å²) in [6.45, 7) is -0.545. The van der Waals surface area contributed by atoms with Crippen LogP contribution in [-0.4, -0.2) is 50.3 Å². The number of halogens is 6. The highest BCUT2D eigenvalue weighted by molar-refractivity contribution is 5.81. The fourth-order valence-corrected chi connectivity index (χ4v) is 6.87. The second-order valence-corrected chi connectivity index (χ2v) is 14.2. The van der Waals surface area contributed by atoms with Crippen molar-refractivity contribution in [1.29, 1.82) is 0 Å². The van der Waals surface area contributed by atoms with Crippen LogP contribution >= 0.6 is 0 Å². The van der Waals surface area contributed by atoms with E-state index in [9.17, 15) is 45.5 Å². The van der Waals surface area contributed by atoms with Crippen LogP contribution in [0.4, 0.5) is 26.3 Å². The van der Waals surface area contributed by atoms with Crippen LogP contribution in [-0.2, 0) is 27.4 Å². The first kappa shape index (κ1) is 40.5. The van der Waals surface area contributed by atoms with E-state index in [1.807, 2.05) is 0 Å². The molecule has 59 heavy (non-hydrogen) atoms. The lowest BCUT2D eigenvalue weighted by atomic mass is 9.82. The minimum absolute atomic E-state index is 0.173. The lowest BCUT2D eigenvalue weighted by Gasteiger charge is -2.33. The monoisotopic (exact) mass is 821 g/mol. The van der Waals surface area contributed by atoms with Crippen molar-refractivity contribution in [1.82, 2.24) is 19.1 Å². The Morgan fingerprint density at radius 2 is 1.03 bits per heavy atom. The number of rotatable bonds is 10. The molecule has 6 aromatic rings. The van der Waals surface area contributed by atoms with E-state index in [4.69, 9.17) is 19.9 Å². The van der Waals surface area contributed by atoms with Crippen molar-refractivity contribution in [3.8, 4) is 11.5 Å². The quantitative estimate of drug-likeness (QED) is 0.135. The molecule has 0 unspecified atom stereocenters. The minimum Gasteiger partial charge on any atom is -0.490 e. The summed E-state index contributed by atoms with van der Waals surface area (Å²) < 4.78 is 101. The van der Waals surface area contributed by atoms with Gasteiger partial charge in [0.05, 0.1) is 60.6 Å². The number of ether oxygens (including phenoxy) is 3. The summed E-state index contributed by atoms with van der Waals surface area (Å²) in [5, 5.41) is 0.417. The van der Waals surface area contributed by atoms with Gasteiger partial charge in [0.25, 0.3) is 11.1 Å². The SMILES string of the molecule is COC(=O)C1CC(Oc2ccc3c(c2)c(=O)ncn3Cc2c(F)cc(F)cc2F)C1.NC(=O)C1CC(Oc2ccc3c(c2)c(=O)ncn3Cc2c(F)cc(F)cc2F)C1. The Kier molecular flexibility index (Phi) is 11.4. The molecule has 2 aliphatic carbocycles. The highest BCUT2D eigenvalue weighted by Crippen LogP contribution is 2.34. The number of nitrogens with zero attached hydrogens (tertiary/aromatic N) is 4. The standard InChI is InChI=1S/C21H17F3N2O4.C20H16F3N3O3/c1-29-21(28)11-4-14(5-11)30-13-2-3-19-15(8-13)20(27)25-10-26(19)9-16-17(23)6-12(22)7-18(16)24;21-11-5-16(22)15(17(23)6-11)8-26-9-25-20(28)14-7-12(1-2-18(14)26)29-13-3-10(4-13)19(24)27/h2-3,6-8,10-11,14H,4-5,9H2,1H3;1-2,5-7,9-10,13H,3-4,8H2,(H2,24,27). The van der Waals surface area contributed by atoms with Crippen molar-refractivity contribution in [3.63, 3.8) is 0 Å². The predicted octanol–water partition coefficient (Wildman–Crippen LogP) is 5.70. The van der Waals surface area contributed by atoms with Crippen molar-refractivity contribution in [2.24, 2.45) is 17.6 Å². The molecule has 0 radical (unpaired) electrons. The molecule has 1 amide bonds. The Bertz CT molecular complexity index is 2690. The number of esters is 1. The van der Waals surface area contributed by atoms with Gasteiger partial charge in [-0.1, -0.05) is 0 Å². The fraction of sp³-hybridized carbons (Fsp3) is 0.268. The molecule has 12 nitrogen and oxygen atoms in total. The van der Waals surface area contributed by atoms with Gasteiger partial charge in [0.1, 0.15) is 58.6 Å². The van der Waals surface area contributed by atoms with Gasteiger partial charge in [0, 0.05) is 41.3 Å². The number of aromatic nitrogens is 4. The van der Waals surface area contributed by atoms with Gasteiger partial charge < -0.3 is 29.1 Å². The Hall–Kier alpha value is -6.72. The maximum absolute atomic E-state index is 14.0. The third-order valence-corrected chi connectivity index (χ3v) is 10.2. The Labute approximate surface area is 329 Å². The molecule has 2 aliphatic rings. The lowest BCUT2D eigenvalue weighted by molar-refractivity contribution is -0.151. The zero-order valence-corrected chi connectivity index (χ0v) is 31.0. The van der Waals surface area contributed by atoms with E-state index in [2.05, 4.69) is 9.97 Å². The Morgan fingerprint density at radius 1 is 0.644 bits per heavy atom. The normalized spacial score (nSPS) is 18.3. The number of hydrogen-bond acceptors (Lipinski definition) is 9. The van der Waals surface area contributed by atoms with Crippen LogP contribution in [0.1, 0.15) is 36.8 Å². The van der Waals surface area contributed by atoms with Crippen LogP contribution < -0.4 is 26.3 Å². The number of hydrogen-bond donors (Lipinski definition) is 1. The number of fused-ring (bicyclic) bond motifs is 2. The minimum atomic E-state index is -1.02. The van der Waals surface area contributed by atoms with Gasteiger partial charge >= 0.3 is 5.97 Å². The van der Waals surface area contributed by atoms with Crippen LogP contribution in [0.3, 0.4) is 0 Å². The summed E-state index contributed by atoms with van der Waals surface area (Å²) in [6, 6.07) is 11.8. The third kappa shape index (κ3) is 8.75. The number of carbonyl (C=O) groups is 2. The maximum atomic E-state index is 14.0. The molecular formula is C41H33F6N5O7. The largest absolute Gasteiger partial charge is 0.490 e. The summed E-state index contributed by atoms with van der Waals surface area (Å²) in [5.74, 6) is -6.32. The van der Waals surface area contributed by atoms with E-state index in [1.165, 1.54) is 41.0 Å². The van der Waals surface area contributed by atoms with Gasteiger partial charge in [-0.25, -0.2) is 26.3 Å². The van der Waals surface area contributed by atoms with E-state index < -0.39 is 46.0 Å². The zero-order chi connectivity index (χ0) is 42.1. The molecule has 0 aliphatic heterocycles. The number of nitrogens with two attached hydrogens (primary N) is 1. The molecule has 18 heteroatoms. The molecule has 4 aromatic carbocycles. The summed E-state index contributed by atoms with van der Waals surface area (Å²) in [7, 11) is 1.33. The van der Waals surface area contributed by atoms with E-state index >= 15 is 0 Å². The van der Waals surface area contributed by atoms with Gasteiger partial charge in [0.15, 0.2) is 0 Å². The first-order chi connectivity index (χ1) is 28.2. The summed E-state index contributed by atoms with van der Waals surface area (Å²) in [5.41, 5.74) is 4.30. The summed E-state index contributed by atoms with van der Waals surface area (Å²) in [6.07, 6.45) is 4.06. The van der Waals surface area contributed by atoms with Crippen molar-refractivity contribution in [3.05, 3.63) is 140 Å². The molecule has 0 atom stereocenters. The molecule has 0 bridgehead atoms. The van der Waals surface area contributed by atoms with E-state index in [0.717, 1.165) is 0 Å². The predicted molar refractivity (Wildman–Crippen MR) is 198 cm³/mol. The number of primary amides is 1. The smallest absolute Gasteiger partial charge is 0.308 e. The summed E-state index contributed by atoms with van der Waals surface area (Å²) >= 11 is 0. The molecule has 2 fully saturated rings. The van der Waals surface area contributed by atoms with Crippen molar-refractivity contribution in [2.45, 2.75) is 51.0 Å². The Balaban J connectivity index is 0.000000179. The molecule has 0 saturated heterocycles. The fourth-order valence-electron chi connectivity index (χ4n) is 6.87. The topological polar surface area (TPSA) is 158 Å². The second-order valence-electron chi connectivity index (χ2n) is 14.2. The maximum Gasteiger partial charge on any atom is 0.308 e. The van der Waals surface area contributed by atoms with Gasteiger partial charge in [-0.15, -0.1) is 0 Å². The van der Waals surface area contributed by atoms with E-state index in [0.29, 0.717) is 72.5 Å². The van der Waals surface area contributed by atoms with Gasteiger partial charge in [-0.2, -0.15) is 9.97 Å². The average molecular weight is 822 g/mol. The number of amides is 1. The number of carbonyl (C=O) groups excluding carboxylic acids is 2. The first-order valence-electron chi connectivity index (χ1n) is 18.1. The number of benzene rings is 4. The molecule has 2 aromatic heterocycles. The third-order valence-electron chi connectivity index (χ3n) is 10.2. The van der Waals surface area contributed by atoms with E-state index in [1.54, 1.807) is 24.3 Å². The molecule has 306 valence electrons. The second kappa shape index (κ2) is 16.6. The average Bonchev–Trinajstić information content (AvgIpc) is 3.15. The van der Waals surface area contributed by atoms with E-state index in [-0.39, 0.29) is 70.9 Å². The molecule has 2 N–H and O–H groups in total. The van der Waals surface area contributed by atoms with Gasteiger partial charge in [0.2, 0.25) is 5.91 Å². The van der Waals surface area contributed by atoms with Crippen molar-refractivity contribution >= 4 is 33.7 Å². The van der Waals surface area contributed by atoms with Crippen LogP contribution in [0.2, 0.25) is 0 Å². The van der Waals surface area contributed by atoms with Crippen molar-refractivity contribution < 1.29 is 50.1 Å². The molecule has 8 rings (SSSR count). The highest BCUT2D eigenvalue weighted by atomic mass is 19.2. The molecule has 2 heterocycles. The summed E-state index contributed by atoms with van der Waals surface area (Å²) in [4.78, 5) is 54.5. The molecule has 0 spiro atoms. The molecular weight excluding hydrogens is 788 g/mol. The zero-order valence-electron chi connectivity index (χ0n) is 31.0. The van der Waals surface area contributed by atoms with Crippen LogP contribution in [0, 0.1) is 46.7 Å². The number of methoxy groups -OCH3 is 1. The van der Waals surface area contributed by atoms with Crippen LogP contribution in [0.5, 0.6) is 11.5 Å². The lowest BCUT2D eigenvalue weighted by Crippen LogP contribution is -2.41.